The highest BCUT2D eigenvalue weighted by atomic mass is 16.5. The fraction of sp³-hybridized carbons (Fsp3) is 0.235. The maximum absolute atomic E-state index is 12.5. The number of hydrogen-bond donors (Lipinski definition) is 0. The van der Waals surface area contributed by atoms with Crippen molar-refractivity contribution in [2.45, 2.75) is 25.9 Å². The van der Waals surface area contributed by atoms with Crippen LogP contribution in [-0.4, -0.2) is 16.9 Å². The Labute approximate surface area is 124 Å². The molecule has 0 aliphatic carbocycles. The third-order valence-electron chi connectivity index (χ3n) is 2.90. The van der Waals surface area contributed by atoms with Gasteiger partial charge < -0.3 is 4.74 Å². The average molecular weight is 280 g/mol. The molecule has 1 unspecified atom stereocenters. The van der Waals surface area contributed by atoms with Crippen molar-refractivity contribution in [2.24, 2.45) is 0 Å². The van der Waals surface area contributed by atoms with Gasteiger partial charge in [-0.25, -0.2) is 0 Å². The standard InChI is InChI=1S/C17H16N2O2/c1-12(2)21-15-7-3-5-13(9-15)17(20)16(10-18)14-6-4-8-19-11-14/h3-9,11-12,16H,1-2H3. The van der Waals surface area contributed by atoms with Crippen LogP contribution in [0.2, 0.25) is 0 Å². The van der Waals surface area contributed by atoms with E-state index in [0.717, 1.165) is 0 Å². The molecule has 21 heavy (non-hydrogen) atoms. The molecule has 0 saturated heterocycles. The molecule has 4 nitrogen and oxygen atoms in total. The molecular weight excluding hydrogens is 264 g/mol. The normalized spacial score (nSPS) is 11.7. The van der Waals surface area contributed by atoms with Crippen LogP contribution in [-0.2, 0) is 0 Å². The smallest absolute Gasteiger partial charge is 0.184 e. The lowest BCUT2D eigenvalue weighted by atomic mass is 9.93. The number of benzene rings is 1. The monoisotopic (exact) mass is 280 g/mol. The SMILES string of the molecule is CC(C)Oc1cccc(C(=O)C(C#N)c2cccnc2)c1. The first-order chi connectivity index (χ1) is 10.1. The second kappa shape index (κ2) is 6.67. The summed E-state index contributed by atoms with van der Waals surface area (Å²) in [6.07, 6.45) is 3.18. The van der Waals surface area contributed by atoms with Crippen molar-refractivity contribution in [1.82, 2.24) is 4.98 Å². The first-order valence-electron chi connectivity index (χ1n) is 6.72. The molecule has 0 radical (unpaired) electrons. The Morgan fingerprint density at radius 1 is 1.29 bits per heavy atom. The molecule has 0 spiro atoms. The van der Waals surface area contributed by atoms with E-state index in [0.29, 0.717) is 16.9 Å². The topological polar surface area (TPSA) is 63.0 Å². The number of rotatable bonds is 5. The number of nitriles is 1. The molecule has 2 rings (SSSR count). The molecule has 1 aromatic carbocycles. The van der Waals surface area contributed by atoms with E-state index >= 15 is 0 Å². The van der Waals surface area contributed by atoms with Gasteiger partial charge in [0.05, 0.1) is 12.2 Å². The zero-order valence-electron chi connectivity index (χ0n) is 12.0. The van der Waals surface area contributed by atoms with E-state index in [1.807, 2.05) is 19.9 Å². The van der Waals surface area contributed by atoms with Gasteiger partial charge in [-0.1, -0.05) is 18.2 Å². The summed E-state index contributed by atoms with van der Waals surface area (Å²) in [7, 11) is 0. The van der Waals surface area contributed by atoms with Crippen molar-refractivity contribution < 1.29 is 9.53 Å². The van der Waals surface area contributed by atoms with Crippen LogP contribution in [0.5, 0.6) is 5.75 Å². The highest BCUT2D eigenvalue weighted by Crippen LogP contribution is 2.22. The minimum absolute atomic E-state index is 0.0282. The Morgan fingerprint density at radius 2 is 2.10 bits per heavy atom. The molecule has 4 heteroatoms. The summed E-state index contributed by atoms with van der Waals surface area (Å²) in [4.78, 5) is 16.5. The van der Waals surface area contributed by atoms with Crippen molar-refractivity contribution in [1.29, 1.82) is 5.26 Å². The number of aromatic nitrogens is 1. The predicted octanol–water partition coefficient (Wildman–Crippen LogP) is 3.36. The quantitative estimate of drug-likeness (QED) is 0.788. The first kappa shape index (κ1) is 14.7. The molecule has 0 aliphatic heterocycles. The summed E-state index contributed by atoms with van der Waals surface area (Å²) in [6, 6.07) is 12.4. The lowest BCUT2D eigenvalue weighted by molar-refractivity contribution is 0.0978. The lowest BCUT2D eigenvalue weighted by Crippen LogP contribution is -2.12. The van der Waals surface area contributed by atoms with E-state index in [1.54, 1.807) is 48.8 Å². The number of carbonyl (C=O) groups excluding carboxylic acids is 1. The van der Waals surface area contributed by atoms with E-state index in [-0.39, 0.29) is 11.9 Å². The minimum atomic E-state index is -0.854. The van der Waals surface area contributed by atoms with Gasteiger partial charge in [0.1, 0.15) is 11.7 Å². The summed E-state index contributed by atoms with van der Waals surface area (Å²) in [5, 5.41) is 9.30. The summed E-state index contributed by atoms with van der Waals surface area (Å²) >= 11 is 0. The van der Waals surface area contributed by atoms with Crippen LogP contribution in [0.4, 0.5) is 0 Å². The second-order valence-electron chi connectivity index (χ2n) is 4.91. The molecule has 1 heterocycles. The van der Waals surface area contributed by atoms with Crippen molar-refractivity contribution in [3.05, 3.63) is 59.9 Å². The Hall–Kier alpha value is -2.67. The third-order valence-corrected chi connectivity index (χ3v) is 2.90. The maximum Gasteiger partial charge on any atom is 0.184 e. The highest BCUT2D eigenvalue weighted by molar-refractivity contribution is 6.02. The average Bonchev–Trinajstić information content (AvgIpc) is 2.48. The van der Waals surface area contributed by atoms with Gasteiger partial charge in [-0.3, -0.25) is 9.78 Å². The minimum Gasteiger partial charge on any atom is -0.491 e. The summed E-state index contributed by atoms with van der Waals surface area (Å²) in [5.74, 6) is -0.480. The lowest BCUT2D eigenvalue weighted by Gasteiger charge is -2.12. The summed E-state index contributed by atoms with van der Waals surface area (Å²) < 4.78 is 5.58. The molecule has 0 bridgehead atoms. The van der Waals surface area contributed by atoms with Crippen LogP contribution in [0.3, 0.4) is 0 Å². The molecule has 1 atom stereocenters. The van der Waals surface area contributed by atoms with Crippen LogP contribution in [0.1, 0.15) is 35.7 Å². The Bertz CT molecular complexity index is 660. The van der Waals surface area contributed by atoms with Gasteiger partial charge in [0.25, 0.3) is 0 Å². The number of nitrogens with zero attached hydrogens (tertiary/aromatic N) is 2. The Morgan fingerprint density at radius 3 is 2.71 bits per heavy atom. The van der Waals surface area contributed by atoms with Crippen LogP contribution < -0.4 is 4.74 Å². The molecule has 0 amide bonds. The summed E-state index contributed by atoms with van der Waals surface area (Å²) in [6.45, 7) is 3.84. The molecule has 1 aromatic heterocycles. The second-order valence-corrected chi connectivity index (χ2v) is 4.91. The zero-order valence-corrected chi connectivity index (χ0v) is 12.0. The summed E-state index contributed by atoms with van der Waals surface area (Å²) in [5.41, 5.74) is 1.06. The molecular formula is C17H16N2O2. The van der Waals surface area contributed by atoms with Gasteiger partial charge in [0, 0.05) is 18.0 Å². The number of carbonyl (C=O) groups is 1. The molecule has 2 aromatic rings. The van der Waals surface area contributed by atoms with Crippen LogP contribution in [0.15, 0.2) is 48.8 Å². The Kier molecular flexibility index (Phi) is 4.68. The van der Waals surface area contributed by atoms with Crippen LogP contribution in [0.25, 0.3) is 0 Å². The largest absolute Gasteiger partial charge is 0.491 e. The van der Waals surface area contributed by atoms with Gasteiger partial charge in [-0.2, -0.15) is 5.26 Å². The number of hydrogen-bond acceptors (Lipinski definition) is 4. The number of pyridine rings is 1. The van der Waals surface area contributed by atoms with Crippen LogP contribution in [0, 0.1) is 11.3 Å². The molecule has 0 saturated carbocycles. The van der Waals surface area contributed by atoms with E-state index in [4.69, 9.17) is 4.74 Å². The van der Waals surface area contributed by atoms with Crippen molar-refractivity contribution in [2.75, 3.05) is 0 Å². The van der Waals surface area contributed by atoms with Crippen molar-refractivity contribution in [3.8, 4) is 11.8 Å². The first-order valence-corrected chi connectivity index (χ1v) is 6.72. The van der Waals surface area contributed by atoms with Crippen molar-refractivity contribution in [3.63, 3.8) is 0 Å². The number of ether oxygens (including phenoxy) is 1. The molecule has 0 aliphatic rings. The Balaban J connectivity index is 2.29. The van der Waals surface area contributed by atoms with E-state index in [1.165, 1.54) is 0 Å². The number of Topliss-reactive ketones (excluding diaryl/α,β-unsaturated/α-hetero) is 1. The molecule has 106 valence electrons. The number of ketones is 1. The highest BCUT2D eigenvalue weighted by Gasteiger charge is 2.22. The van der Waals surface area contributed by atoms with Crippen LogP contribution >= 0.6 is 0 Å². The van der Waals surface area contributed by atoms with Gasteiger partial charge in [0.2, 0.25) is 0 Å². The fourth-order valence-corrected chi connectivity index (χ4v) is 1.99. The van der Waals surface area contributed by atoms with Gasteiger partial charge in [-0.05, 0) is 37.6 Å². The van der Waals surface area contributed by atoms with E-state index < -0.39 is 5.92 Å². The van der Waals surface area contributed by atoms with Gasteiger partial charge >= 0.3 is 0 Å². The predicted molar refractivity (Wildman–Crippen MR) is 79.1 cm³/mol. The maximum atomic E-state index is 12.5. The van der Waals surface area contributed by atoms with E-state index in [9.17, 15) is 10.1 Å². The molecule has 0 N–H and O–H groups in total. The van der Waals surface area contributed by atoms with Crippen molar-refractivity contribution >= 4 is 5.78 Å². The van der Waals surface area contributed by atoms with E-state index in [2.05, 4.69) is 4.98 Å². The third kappa shape index (κ3) is 3.67. The molecule has 0 fully saturated rings. The van der Waals surface area contributed by atoms with Gasteiger partial charge in [0.15, 0.2) is 5.78 Å². The fourth-order valence-electron chi connectivity index (χ4n) is 1.99. The zero-order chi connectivity index (χ0) is 15.2. The van der Waals surface area contributed by atoms with Gasteiger partial charge in [-0.15, -0.1) is 0 Å².